The van der Waals surface area contributed by atoms with Crippen LogP contribution in [0.1, 0.15) is 233 Å². The second-order valence-corrected chi connectivity index (χ2v) is 20.0. The van der Waals surface area contributed by atoms with Crippen molar-refractivity contribution in [1.29, 1.82) is 0 Å². The Balaban J connectivity index is 2.76. The Kier molecular flexibility index (Phi) is 46.2. The maximum atomic E-state index is 13.4. The van der Waals surface area contributed by atoms with E-state index in [1.54, 1.807) is 6.08 Å². The number of aliphatic hydroxyl groups is 5. The average molecular weight is 1030 g/mol. The number of allylic oxidation sites excluding steroid dienone is 13. The Morgan fingerprint density at radius 3 is 1.51 bits per heavy atom. The first kappa shape index (κ1) is 67.9. The van der Waals surface area contributed by atoms with E-state index in [1.165, 1.54) is 70.6 Å². The molecular formula is C62H107NO10. The van der Waals surface area contributed by atoms with Gasteiger partial charge in [-0.05, 0) is 96.3 Å². The molecule has 1 aliphatic rings. The third-order valence-corrected chi connectivity index (χ3v) is 13.3. The minimum absolute atomic E-state index is 0.107. The Hall–Kier alpha value is -3.16. The van der Waals surface area contributed by atoms with Crippen LogP contribution in [0.4, 0.5) is 0 Å². The number of hydrogen-bond donors (Lipinski definition) is 6. The zero-order valence-electron chi connectivity index (χ0n) is 46.2. The van der Waals surface area contributed by atoms with Gasteiger partial charge in [0.05, 0.1) is 25.4 Å². The first-order valence-corrected chi connectivity index (χ1v) is 29.4. The number of nitrogens with one attached hydrogen (secondary N) is 1. The highest BCUT2D eigenvalue weighted by atomic mass is 16.7. The van der Waals surface area contributed by atoms with Gasteiger partial charge < -0.3 is 45.1 Å². The summed E-state index contributed by atoms with van der Waals surface area (Å²) in [4.78, 5) is 26.5. The first-order chi connectivity index (χ1) is 35.7. The molecule has 0 aromatic heterocycles. The average Bonchev–Trinajstić information content (AvgIpc) is 3.39. The number of rotatable bonds is 48. The van der Waals surface area contributed by atoms with Crippen LogP contribution in [0.3, 0.4) is 0 Å². The van der Waals surface area contributed by atoms with Gasteiger partial charge in [-0.15, -0.1) is 0 Å². The third kappa shape index (κ3) is 38.1. The van der Waals surface area contributed by atoms with Crippen LogP contribution in [-0.4, -0.2) is 99.6 Å². The van der Waals surface area contributed by atoms with Crippen LogP contribution < -0.4 is 5.32 Å². The van der Waals surface area contributed by atoms with Crippen molar-refractivity contribution in [2.75, 3.05) is 13.2 Å². The van der Waals surface area contributed by atoms with Crippen molar-refractivity contribution in [3.8, 4) is 0 Å². The Morgan fingerprint density at radius 2 is 0.986 bits per heavy atom. The number of carbonyl (C=O) groups is 2. The number of hydrogen-bond acceptors (Lipinski definition) is 10. The predicted octanol–water partition coefficient (Wildman–Crippen LogP) is 13.4. The van der Waals surface area contributed by atoms with E-state index in [9.17, 15) is 35.1 Å². The SMILES string of the molecule is CC/C=C/C/C=C/CCCCCCCCCC(=O)OC1C(OCC(NC(=O)C(O)CCCC/C=C\C/C=C\C/C=C\C/C=C\CCCCC)C(O)/C=C/CCCCCCCCCCCC)OC(CO)C(O)C1O. The van der Waals surface area contributed by atoms with Crippen molar-refractivity contribution in [3.05, 3.63) is 85.1 Å². The van der Waals surface area contributed by atoms with E-state index in [2.05, 4.69) is 99.0 Å². The molecule has 420 valence electrons. The molecule has 0 bridgehead atoms. The van der Waals surface area contributed by atoms with Crippen LogP contribution >= 0.6 is 0 Å². The van der Waals surface area contributed by atoms with Crippen LogP contribution in [-0.2, 0) is 23.8 Å². The quantitative estimate of drug-likeness (QED) is 0.0195. The topological polar surface area (TPSA) is 175 Å². The Labute approximate surface area is 444 Å². The zero-order valence-corrected chi connectivity index (χ0v) is 46.2. The third-order valence-electron chi connectivity index (χ3n) is 13.3. The molecule has 1 amide bonds. The van der Waals surface area contributed by atoms with Crippen molar-refractivity contribution < 1.29 is 49.3 Å². The van der Waals surface area contributed by atoms with Crippen LogP contribution in [0, 0.1) is 0 Å². The van der Waals surface area contributed by atoms with Gasteiger partial charge in [-0.1, -0.05) is 215 Å². The van der Waals surface area contributed by atoms with Gasteiger partial charge in [0.15, 0.2) is 12.4 Å². The van der Waals surface area contributed by atoms with E-state index in [4.69, 9.17) is 14.2 Å². The number of unbranched alkanes of at least 4 members (excludes halogenated alkanes) is 22. The second kappa shape index (κ2) is 49.7. The highest BCUT2D eigenvalue weighted by molar-refractivity contribution is 5.80. The molecule has 0 saturated carbocycles. The van der Waals surface area contributed by atoms with Crippen molar-refractivity contribution in [1.82, 2.24) is 5.32 Å². The smallest absolute Gasteiger partial charge is 0.306 e. The monoisotopic (exact) mass is 1030 g/mol. The fraction of sp³-hybridized carbons (Fsp3) is 0.742. The summed E-state index contributed by atoms with van der Waals surface area (Å²) in [5, 5.41) is 56.8. The van der Waals surface area contributed by atoms with E-state index in [1.807, 2.05) is 6.08 Å². The lowest BCUT2D eigenvalue weighted by Crippen LogP contribution is -2.61. The molecule has 1 fully saturated rings. The van der Waals surface area contributed by atoms with Gasteiger partial charge >= 0.3 is 5.97 Å². The standard InChI is InChI=1S/C62H107NO10/c1-4-7-10-13-16-19-22-25-27-28-29-30-31-34-37-40-43-46-49-55(66)61(70)63-53(54(65)48-45-42-39-36-33-24-21-18-15-12-9-6-3)52-71-62-60(59(69)58(68)56(51-64)72-62)73-57(67)50-47-44-41-38-35-32-26-23-20-17-14-11-8-5-2/h8,11,16-17,19-20,25,27,29-30,34,37,45,48,53-56,58-60,62,64-66,68-69H,4-7,9-10,12-15,18,21-24,26,28,31-33,35-36,38-44,46-47,49-52H2,1-3H3,(H,63,70)/b11-8+,19-16-,20-17+,27-25-,30-29-,37-34-,48-45+. The molecule has 1 saturated heterocycles. The maximum Gasteiger partial charge on any atom is 0.306 e. The molecule has 8 atom stereocenters. The molecule has 0 aromatic carbocycles. The molecule has 0 aromatic rings. The second-order valence-electron chi connectivity index (χ2n) is 20.0. The fourth-order valence-electron chi connectivity index (χ4n) is 8.61. The van der Waals surface area contributed by atoms with Gasteiger partial charge in [0.2, 0.25) is 5.91 Å². The molecule has 0 aliphatic carbocycles. The largest absolute Gasteiger partial charge is 0.454 e. The lowest BCUT2D eigenvalue weighted by atomic mass is 9.99. The van der Waals surface area contributed by atoms with E-state index in [-0.39, 0.29) is 19.4 Å². The molecule has 0 spiro atoms. The molecule has 0 radical (unpaired) electrons. The van der Waals surface area contributed by atoms with E-state index in [0.29, 0.717) is 12.8 Å². The summed E-state index contributed by atoms with van der Waals surface area (Å²) in [6, 6.07) is -1.05. The molecule has 11 heteroatoms. The molecule has 11 nitrogen and oxygen atoms in total. The molecular weight excluding hydrogens is 919 g/mol. The molecule has 1 heterocycles. The Morgan fingerprint density at radius 1 is 0.548 bits per heavy atom. The minimum atomic E-state index is -1.63. The van der Waals surface area contributed by atoms with Gasteiger partial charge in [0.25, 0.3) is 0 Å². The lowest BCUT2D eigenvalue weighted by molar-refractivity contribution is -0.305. The summed E-state index contributed by atoms with van der Waals surface area (Å²) >= 11 is 0. The summed E-state index contributed by atoms with van der Waals surface area (Å²) in [5.41, 5.74) is 0. The first-order valence-electron chi connectivity index (χ1n) is 29.4. The summed E-state index contributed by atoms with van der Waals surface area (Å²) in [6.45, 7) is 5.61. The molecule has 8 unspecified atom stereocenters. The van der Waals surface area contributed by atoms with Crippen LogP contribution in [0.25, 0.3) is 0 Å². The van der Waals surface area contributed by atoms with Crippen LogP contribution in [0.5, 0.6) is 0 Å². The van der Waals surface area contributed by atoms with E-state index < -0.39 is 67.4 Å². The zero-order chi connectivity index (χ0) is 53.3. The number of amides is 1. The molecule has 6 N–H and O–H groups in total. The van der Waals surface area contributed by atoms with Gasteiger partial charge in [-0.25, -0.2) is 0 Å². The van der Waals surface area contributed by atoms with Crippen LogP contribution in [0.2, 0.25) is 0 Å². The van der Waals surface area contributed by atoms with Crippen molar-refractivity contribution in [3.63, 3.8) is 0 Å². The molecule has 73 heavy (non-hydrogen) atoms. The lowest BCUT2D eigenvalue weighted by Gasteiger charge is -2.41. The van der Waals surface area contributed by atoms with Crippen molar-refractivity contribution in [2.45, 2.75) is 282 Å². The fourth-order valence-corrected chi connectivity index (χ4v) is 8.61. The van der Waals surface area contributed by atoms with Crippen molar-refractivity contribution >= 4 is 11.9 Å². The van der Waals surface area contributed by atoms with Gasteiger partial charge in [0.1, 0.15) is 24.4 Å². The van der Waals surface area contributed by atoms with E-state index >= 15 is 0 Å². The highest BCUT2D eigenvalue weighted by Crippen LogP contribution is 2.26. The minimum Gasteiger partial charge on any atom is -0.454 e. The van der Waals surface area contributed by atoms with Gasteiger partial charge in [-0.3, -0.25) is 9.59 Å². The highest BCUT2D eigenvalue weighted by Gasteiger charge is 2.47. The number of esters is 1. The molecule has 1 aliphatic heterocycles. The normalized spacial score (nSPS) is 20.0. The predicted molar refractivity (Wildman–Crippen MR) is 301 cm³/mol. The van der Waals surface area contributed by atoms with Gasteiger partial charge in [0, 0.05) is 6.42 Å². The summed E-state index contributed by atoms with van der Waals surface area (Å²) in [7, 11) is 0. The van der Waals surface area contributed by atoms with Crippen LogP contribution in [0.15, 0.2) is 85.1 Å². The molecule has 1 rings (SSSR count). The maximum absolute atomic E-state index is 13.4. The van der Waals surface area contributed by atoms with E-state index in [0.717, 1.165) is 116 Å². The van der Waals surface area contributed by atoms with Gasteiger partial charge in [-0.2, -0.15) is 0 Å². The Bertz CT molecular complexity index is 1510. The number of ether oxygens (including phenoxy) is 3. The summed E-state index contributed by atoms with van der Waals surface area (Å²) < 4.78 is 17.6. The number of aliphatic hydroxyl groups excluding tert-OH is 5. The summed E-state index contributed by atoms with van der Waals surface area (Å²) in [6.07, 6.45) is 53.4. The van der Waals surface area contributed by atoms with Crippen molar-refractivity contribution in [2.24, 2.45) is 0 Å². The summed E-state index contributed by atoms with van der Waals surface area (Å²) in [5.74, 6) is -1.24. The number of carbonyl (C=O) groups excluding carboxylic acids is 2.